The van der Waals surface area contributed by atoms with Crippen molar-refractivity contribution in [2.24, 2.45) is 0 Å². The largest absolute Gasteiger partial charge is 0.341 e. The van der Waals surface area contributed by atoms with Gasteiger partial charge in [0.05, 0.1) is 13.9 Å². The summed E-state index contributed by atoms with van der Waals surface area (Å²) in [5.41, 5.74) is 0.720. The van der Waals surface area contributed by atoms with Gasteiger partial charge in [0.1, 0.15) is 10.4 Å². The fourth-order valence-corrected chi connectivity index (χ4v) is 6.50. The fourth-order valence-electron chi connectivity index (χ4n) is 1.53. The Hall–Kier alpha value is -0.750. The van der Waals surface area contributed by atoms with Gasteiger partial charge >= 0.3 is 0 Å². The number of hydrogen-bond acceptors (Lipinski definition) is 6. The molecule has 3 aromatic heterocycles. The van der Waals surface area contributed by atoms with Gasteiger partial charge in [0.15, 0.2) is 10.8 Å². The van der Waals surface area contributed by atoms with E-state index in [4.69, 9.17) is 11.6 Å². The number of aromatic nitrogens is 4. The van der Waals surface area contributed by atoms with E-state index in [0.717, 1.165) is 0 Å². The highest BCUT2D eigenvalue weighted by atomic mass is 79.9. The van der Waals surface area contributed by atoms with E-state index in [1.807, 2.05) is 0 Å². The van der Waals surface area contributed by atoms with Crippen LogP contribution in [0.25, 0.3) is 11.2 Å². The van der Waals surface area contributed by atoms with E-state index in [-0.39, 0.29) is 21.6 Å². The molecule has 7 nitrogen and oxygen atoms in total. The fraction of sp³-hybridized carbons (Fsp3) is 0. The Balaban J connectivity index is 2.03. The molecule has 21 heavy (non-hydrogen) atoms. The van der Waals surface area contributed by atoms with Crippen LogP contribution >= 0.6 is 54.8 Å². The topological polar surface area (TPSA) is 101 Å². The summed E-state index contributed by atoms with van der Waals surface area (Å²) >= 11 is 13.6. The number of anilines is 1. The molecule has 0 spiro atoms. The molecule has 3 rings (SSSR count). The molecule has 0 unspecified atom stereocenters. The molecular formula is C9H4Br2ClN5O2S2. The van der Waals surface area contributed by atoms with Gasteiger partial charge in [-0.3, -0.25) is 0 Å². The number of H-pyrrole nitrogens is 1. The second kappa shape index (κ2) is 5.47. The van der Waals surface area contributed by atoms with Crippen molar-refractivity contribution in [2.45, 2.75) is 4.90 Å². The summed E-state index contributed by atoms with van der Waals surface area (Å²) in [6, 6.07) is 1.48. The zero-order valence-electron chi connectivity index (χ0n) is 9.76. The number of hydrogen-bond donors (Lipinski definition) is 2. The molecule has 0 radical (unpaired) electrons. The molecule has 0 fully saturated rings. The Morgan fingerprint density at radius 1 is 1.33 bits per heavy atom. The average molecular weight is 474 g/mol. The second-order valence-corrected chi connectivity index (χ2v) is 9.49. The van der Waals surface area contributed by atoms with Crippen molar-refractivity contribution < 1.29 is 8.42 Å². The molecule has 0 amide bonds. The Labute approximate surface area is 144 Å². The minimum Gasteiger partial charge on any atom is -0.341 e. The van der Waals surface area contributed by atoms with Crippen LogP contribution in [0.15, 0.2) is 24.9 Å². The highest BCUT2D eigenvalue weighted by molar-refractivity contribution is 9.12. The monoisotopic (exact) mass is 471 g/mol. The molecule has 110 valence electrons. The summed E-state index contributed by atoms with van der Waals surface area (Å²) < 4.78 is 28.1. The molecule has 0 aliphatic carbocycles. The number of aromatic amines is 1. The van der Waals surface area contributed by atoms with Crippen LogP contribution in [0.3, 0.4) is 0 Å². The average Bonchev–Trinajstić information content (AvgIpc) is 2.95. The molecule has 0 atom stereocenters. The minimum atomic E-state index is -3.83. The van der Waals surface area contributed by atoms with Gasteiger partial charge in [-0.05, 0) is 37.9 Å². The number of halogens is 3. The molecule has 0 saturated carbocycles. The standard InChI is InChI=1S/C9H4Br2ClN5O2S2/c10-4-1-3(6(11)20-4)21(18,19)17-9-15-7(12)5-8(16-9)14-2-13-5/h1-2H,(H2,13,14,15,16,17). The second-order valence-electron chi connectivity index (χ2n) is 3.73. The highest BCUT2D eigenvalue weighted by Gasteiger charge is 2.22. The molecule has 0 aromatic carbocycles. The van der Waals surface area contributed by atoms with Crippen LogP contribution in [0.5, 0.6) is 0 Å². The summed E-state index contributed by atoms with van der Waals surface area (Å²) in [4.78, 5) is 14.7. The molecule has 12 heteroatoms. The first-order chi connectivity index (χ1) is 9.87. The predicted octanol–water partition coefficient (Wildman–Crippen LogP) is 3.39. The quantitative estimate of drug-likeness (QED) is 0.568. The molecule has 0 bridgehead atoms. The number of rotatable bonds is 3. The van der Waals surface area contributed by atoms with E-state index in [9.17, 15) is 8.42 Å². The SMILES string of the molecule is O=S(=O)(Nc1nc(Cl)c2[nH]cnc2n1)c1cc(Br)sc1Br. The van der Waals surface area contributed by atoms with E-state index in [1.165, 1.54) is 23.7 Å². The van der Waals surface area contributed by atoms with Crippen LogP contribution in [0.1, 0.15) is 0 Å². The Morgan fingerprint density at radius 3 is 2.76 bits per heavy atom. The third-order valence-corrected chi connectivity index (χ3v) is 6.74. The zero-order valence-corrected chi connectivity index (χ0v) is 15.3. The van der Waals surface area contributed by atoms with E-state index < -0.39 is 10.0 Å². The number of sulfonamides is 1. The highest BCUT2D eigenvalue weighted by Crippen LogP contribution is 2.35. The lowest BCUT2D eigenvalue weighted by molar-refractivity contribution is 0.601. The van der Waals surface area contributed by atoms with E-state index in [2.05, 4.69) is 56.5 Å². The third-order valence-electron chi connectivity index (χ3n) is 2.38. The van der Waals surface area contributed by atoms with Crippen molar-refractivity contribution in [1.82, 2.24) is 19.9 Å². The van der Waals surface area contributed by atoms with Gasteiger partial charge in [0.25, 0.3) is 10.0 Å². The van der Waals surface area contributed by atoms with Crippen LogP contribution in [-0.2, 0) is 10.0 Å². The zero-order chi connectivity index (χ0) is 15.2. The molecular weight excluding hydrogens is 470 g/mol. The van der Waals surface area contributed by atoms with Gasteiger partial charge in [0.2, 0.25) is 5.95 Å². The first-order valence-corrected chi connectivity index (χ1v) is 9.47. The van der Waals surface area contributed by atoms with Gasteiger partial charge in [-0.1, -0.05) is 11.6 Å². The van der Waals surface area contributed by atoms with Crippen molar-refractivity contribution in [3.63, 3.8) is 0 Å². The molecule has 2 N–H and O–H groups in total. The minimum absolute atomic E-state index is 0.0840. The summed E-state index contributed by atoms with van der Waals surface area (Å²) in [5, 5.41) is 0.0840. The number of nitrogens with zero attached hydrogens (tertiary/aromatic N) is 3. The van der Waals surface area contributed by atoms with Crippen LogP contribution in [-0.4, -0.2) is 28.4 Å². The maximum absolute atomic E-state index is 12.3. The van der Waals surface area contributed by atoms with Crippen LogP contribution in [0.2, 0.25) is 5.15 Å². The Morgan fingerprint density at radius 2 is 2.10 bits per heavy atom. The number of imidazole rings is 1. The van der Waals surface area contributed by atoms with Gasteiger partial charge in [-0.25, -0.2) is 18.1 Å². The smallest absolute Gasteiger partial charge is 0.266 e. The number of nitrogens with one attached hydrogen (secondary N) is 2. The Bertz CT molecular complexity index is 939. The van der Waals surface area contributed by atoms with Crippen LogP contribution in [0, 0.1) is 0 Å². The van der Waals surface area contributed by atoms with Crippen molar-refractivity contribution in [2.75, 3.05) is 4.72 Å². The Kier molecular flexibility index (Phi) is 3.94. The number of thiophene rings is 1. The van der Waals surface area contributed by atoms with Gasteiger partial charge in [0, 0.05) is 0 Å². The first kappa shape index (κ1) is 15.2. The van der Waals surface area contributed by atoms with E-state index >= 15 is 0 Å². The molecule has 0 aliphatic rings. The summed E-state index contributed by atoms with van der Waals surface area (Å²) in [6.45, 7) is 0. The van der Waals surface area contributed by atoms with Crippen molar-refractivity contribution >= 4 is 81.9 Å². The summed E-state index contributed by atoms with van der Waals surface area (Å²) in [7, 11) is -3.83. The van der Waals surface area contributed by atoms with Crippen LogP contribution in [0.4, 0.5) is 5.95 Å². The third kappa shape index (κ3) is 2.93. The first-order valence-electron chi connectivity index (χ1n) is 5.21. The van der Waals surface area contributed by atoms with Gasteiger partial charge in [-0.2, -0.15) is 9.97 Å². The molecule has 3 aromatic rings. The lowest BCUT2D eigenvalue weighted by Crippen LogP contribution is -2.15. The predicted molar refractivity (Wildman–Crippen MR) is 87.2 cm³/mol. The number of fused-ring (bicyclic) bond motifs is 1. The maximum atomic E-state index is 12.3. The van der Waals surface area contributed by atoms with Gasteiger partial charge < -0.3 is 4.98 Å². The summed E-state index contributed by atoms with van der Waals surface area (Å²) in [6.07, 6.45) is 1.40. The van der Waals surface area contributed by atoms with Crippen molar-refractivity contribution in [1.29, 1.82) is 0 Å². The normalized spacial score (nSPS) is 12.0. The lowest BCUT2D eigenvalue weighted by Gasteiger charge is -2.05. The molecule has 0 saturated heterocycles. The summed E-state index contributed by atoms with van der Waals surface area (Å²) in [5.74, 6) is -0.145. The van der Waals surface area contributed by atoms with Crippen molar-refractivity contribution in [3.8, 4) is 0 Å². The van der Waals surface area contributed by atoms with E-state index in [0.29, 0.717) is 13.1 Å². The van der Waals surface area contributed by atoms with Crippen LogP contribution < -0.4 is 4.72 Å². The lowest BCUT2D eigenvalue weighted by atomic mass is 10.6. The van der Waals surface area contributed by atoms with E-state index in [1.54, 1.807) is 0 Å². The maximum Gasteiger partial charge on any atom is 0.266 e. The van der Waals surface area contributed by atoms with Gasteiger partial charge in [-0.15, -0.1) is 11.3 Å². The molecule has 3 heterocycles. The molecule has 0 aliphatic heterocycles. The van der Waals surface area contributed by atoms with Crippen molar-refractivity contribution in [3.05, 3.63) is 25.1 Å².